The molecule has 2 heterocycles. The van der Waals surface area contributed by atoms with Gasteiger partial charge in [0.05, 0.1) is 10.6 Å². The number of carbonyl (C=O) groups is 1. The smallest absolute Gasteiger partial charge is 0.322 e. The highest BCUT2D eigenvalue weighted by Crippen LogP contribution is 2.18. The van der Waals surface area contributed by atoms with Crippen LogP contribution in [0.4, 0.5) is 6.01 Å². The fourth-order valence-corrected chi connectivity index (χ4v) is 3.00. The molecule has 0 atom stereocenters. The maximum atomic E-state index is 12.3. The third-order valence-electron chi connectivity index (χ3n) is 3.41. The second-order valence-corrected chi connectivity index (χ2v) is 7.45. The van der Waals surface area contributed by atoms with Gasteiger partial charge in [-0.3, -0.25) is 14.8 Å². The number of sulfone groups is 1. The minimum Gasteiger partial charge on any atom is -0.401 e. The number of hydrogen-bond acceptors (Lipinski definition) is 7. The molecule has 0 unspecified atom stereocenters. The van der Waals surface area contributed by atoms with Crippen molar-refractivity contribution in [1.82, 2.24) is 20.0 Å². The van der Waals surface area contributed by atoms with Gasteiger partial charge in [-0.1, -0.05) is 18.1 Å². The summed E-state index contributed by atoms with van der Waals surface area (Å²) >= 11 is 0. The number of amides is 1. The first-order valence-corrected chi connectivity index (χ1v) is 9.02. The van der Waals surface area contributed by atoms with Gasteiger partial charge in [0.25, 0.3) is 11.8 Å². The molecule has 0 saturated heterocycles. The number of aromatic nitrogens is 4. The Morgan fingerprint density at radius 3 is 2.76 bits per heavy atom. The zero-order valence-electron chi connectivity index (χ0n) is 13.5. The first-order valence-electron chi connectivity index (χ1n) is 7.37. The molecule has 3 rings (SSSR count). The van der Waals surface area contributed by atoms with Gasteiger partial charge in [-0.05, 0) is 24.3 Å². The standard InChI is InChI=1S/C15H15N5O4S/c1-3-25(22,23)11-6-4-5-10(9-11)13(21)16-15-18-17-14(24-15)12-7-8-20(2)19-12/h4-9H,3H2,1-2H3,(H,16,18,21). The number of anilines is 1. The van der Waals surface area contributed by atoms with Crippen LogP contribution < -0.4 is 5.32 Å². The average Bonchev–Trinajstić information content (AvgIpc) is 3.24. The van der Waals surface area contributed by atoms with E-state index < -0.39 is 15.7 Å². The van der Waals surface area contributed by atoms with E-state index in [0.29, 0.717) is 5.69 Å². The second kappa shape index (κ2) is 6.48. The van der Waals surface area contributed by atoms with Crippen LogP contribution >= 0.6 is 0 Å². The predicted octanol–water partition coefficient (Wildman–Crippen LogP) is 1.52. The predicted molar refractivity (Wildman–Crippen MR) is 88.6 cm³/mol. The van der Waals surface area contributed by atoms with Crippen LogP contribution in [-0.4, -0.2) is 40.1 Å². The Balaban J connectivity index is 1.79. The quantitative estimate of drug-likeness (QED) is 0.731. The minimum atomic E-state index is -3.40. The third kappa shape index (κ3) is 3.58. The molecular formula is C15H15N5O4S. The molecule has 9 nitrogen and oxygen atoms in total. The largest absolute Gasteiger partial charge is 0.401 e. The summed E-state index contributed by atoms with van der Waals surface area (Å²) in [5, 5.41) is 14.1. The summed E-state index contributed by atoms with van der Waals surface area (Å²) < 4.78 is 30.8. The summed E-state index contributed by atoms with van der Waals surface area (Å²) in [6.07, 6.45) is 1.72. The number of nitrogens with zero attached hydrogens (tertiary/aromatic N) is 4. The van der Waals surface area contributed by atoms with E-state index >= 15 is 0 Å². The molecule has 25 heavy (non-hydrogen) atoms. The molecule has 0 saturated carbocycles. The molecule has 0 aliphatic rings. The first kappa shape index (κ1) is 16.8. The normalized spacial score (nSPS) is 11.4. The van der Waals surface area contributed by atoms with E-state index in [1.54, 1.807) is 30.9 Å². The molecule has 1 N–H and O–H groups in total. The van der Waals surface area contributed by atoms with Crippen molar-refractivity contribution < 1.29 is 17.6 Å². The SMILES string of the molecule is CCS(=O)(=O)c1cccc(C(=O)Nc2nnc(-c3ccn(C)n3)o2)c1. The van der Waals surface area contributed by atoms with Crippen LogP contribution in [0.2, 0.25) is 0 Å². The van der Waals surface area contributed by atoms with Crippen molar-refractivity contribution in [2.24, 2.45) is 7.05 Å². The second-order valence-electron chi connectivity index (χ2n) is 5.17. The van der Waals surface area contributed by atoms with Crippen molar-refractivity contribution in [2.45, 2.75) is 11.8 Å². The molecule has 2 aromatic heterocycles. The highest BCUT2D eigenvalue weighted by molar-refractivity contribution is 7.91. The molecule has 1 amide bonds. The molecular weight excluding hydrogens is 346 g/mol. The molecule has 0 spiro atoms. The number of aryl methyl sites for hydroxylation is 1. The number of nitrogens with one attached hydrogen (secondary N) is 1. The van der Waals surface area contributed by atoms with E-state index in [1.807, 2.05) is 0 Å². The zero-order valence-corrected chi connectivity index (χ0v) is 14.3. The lowest BCUT2D eigenvalue weighted by molar-refractivity contribution is 0.102. The maximum Gasteiger partial charge on any atom is 0.322 e. The highest BCUT2D eigenvalue weighted by Gasteiger charge is 2.17. The molecule has 130 valence electrons. The van der Waals surface area contributed by atoms with Gasteiger partial charge in [0.15, 0.2) is 9.84 Å². The Morgan fingerprint density at radius 1 is 1.28 bits per heavy atom. The van der Waals surface area contributed by atoms with Crippen LogP contribution in [0.25, 0.3) is 11.6 Å². The topological polar surface area (TPSA) is 120 Å². The van der Waals surface area contributed by atoms with Gasteiger partial charge in [0.1, 0.15) is 5.69 Å². The van der Waals surface area contributed by atoms with Crippen molar-refractivity contribution in [3.63, 3.8) is 0 Å². The van der Waals surface area contributed by atoms with Crippen LogP contribution in [-0.2, 0) is 16.9 Å². The lowest BCUT2D eigenvalue weighted by atomic mass is 10.2. The Labute approximate surface area is 143 Å². The van der Waals surface area contributed by atoms with Crippen molar-refractivity contribution in [3.8, 4) is 11.6 Å². The first-order chi connectivity index (χ1) is 11.9. The van der Waals surface area contributed by atoms with Crippen LogP contribution in [0, 0.1) is 0 Å². The Morgan fingerprint density at radius 2 is 2.08 bits per heavy atom. The molecule has 3 aromatic rings. The Hall–Kier alpha value is -3.01. The minimum absolute atomic E-state index is 0.0465. The summed E-state index contributed by atoms with van der Waals surface area (Å²) in [7, 11) is -1.65. The molecule has 0 aliphatic heterocycles. The molecule has 0 bridgehead atoms. The van der Waals surface area contributed by atoms with Crippen molar-refractivity contribution in [1.29, 1.82) is 0 Å². The lowest BCUT2D eigenvalue weighted by Gasteiger charge is -2.04. The summed E-state index contributed by atoms with van der Waals surface area (Å²) in [4.78, 5) is 12.4. The van der Waals surface area contributed by atoms with Gasteiger partial charge in [0.2, 0.25) is 0 Å². The number of carbonyl (C=O) groups excluding carboxylic acids is 1. The summed E-state index contributed by atoms with van der Waals surface area (Å²) in [5.74, 6) is -0.433. The number of benzene rings is 1. The van der Waals surface area contributed by atoms with Gasteiger partial charge in [0, 0.05) is 18.8 Å². The van der Waals surface area contributed by atoms with Gasteiger partial charge in [-0.25, -0.2) is 8.42 Å². The average molecular weight is 361 g/mol. The summed E-state index contributed by atoms with van der Waals surface area (Å²) in [5.41, 5.74) is 0.652. The summed E-state index contributed by atoms with van der Waals surface area (Å²) in [6, 6.07) is 7.35. The van der Waals surface area contributed by atoms with E-state index in [0.717, 1.165) is 0 Å². The summed E-state index contributed by atoms with van der Waals surface area (Å²) in [6.45, 7) is 1.54. The van der Waals surface area contributed by atoms with Crippen LogP contribution in [0.5, 0.6) is 0 Å². The highest BCUT2D eigenvalue weighted by atomic mass is 32.2. The van der Waals surface area contributed by atoms with Gasteiger partial charge in [-0.2, -0.15) is 5.10 Å². The lowest BCUT2D eigenvalue weighted by Crippen LogP contribution is -2.13. The fourth-order valence-electron chi connectivity index (χ4n) is 2.07. The van der Waals surface area contributed by atoms with Gasteiger partial charge >= 0.3 is 6.01 Å². The molecule has 10 heteroatoms. The molecule has 1 aromatic carbocycles. The Kier molecular flexibility index (Phi) is 4.36. The zero-order chi connectivity index (χ0) is 18.0. The van der Waals surface area contributed by atoms with Crippen LogP contribution in [0.3, 0.4) is 0 Å². The molecule has 0 fully saturated rings. The van der Waals surface area contributed by atoms with E-state index in [4.69, 9.17) is 4.42 Å². The van der Waals surface area contributed by atoms with Crippen molar-refractivity contribution in [2.75, 3.05) is 11.1 Å². The van der Waals surface area contributed by atoms with E-state index in [-0.39, 0.29) is 28.1 Å². The number of hydrogen-bond donors (Lipinski definition) is 1. The van der Waals surface area contributed by atoms with Crippen LogP contribution in [0.15, 0.2) is 45.8 Å². The van der Waals surface area contributed by atoms with Crippen molar-refractivity contribution in [3.05, 3.63) is 42.1 Å². The fraction of sp³-hybridized carbons (Fsp3) is 0.200. The van der Waals surface area contributed by atoms with Gasteiger partial charge in [-0.15, -0.1) is 5.10 Å². The Bertz CT molecular complexity index is 1020. The van der Waals surface area contributed by atoms with Gasteiger partial charge < -0.3 is 4.42 Å². The van der Waals surface area contributed by atoms with E-state index in [2.05, 4.69) is 20.6 Å². The molecule has 0 aliphatic carbocycles. The number of rotatable bonds is 5. The van der Waals surface area contributed by atoms with Crippen LogP contribution in [0.1, 0.15) is 17.3 Å². The van der Waals surface area contributed by atoms with E-state index in [9.17, 15) is 13.2 Å². The van der Waals surface area contributed by atoms with E-state index in [1.165, 1.54) is 24.3 Å². The monoisotopic (exact) mass is 361 g/mol. The third-order valence-corrected chi connectivity index (χ3v) is 5.15. The molecule has 0 radical (unpaired) electrons. The van der Waals surface area contributed by atoms with Crippen molar-refractivity contribution >= 4 is 21.8 Å². The maximum absolute atomic E-state index is 12.3.